The Labute approximate surface area is 210 Å². The third-order valence-corrected chi connectivity index (χ3v) is 7.68. The van der Waals surface area contributed by atoms with Crippen LogP contribution in [-0.2, 0) is 22.5 Å². The molecule has 1 atom stereocenters. The highest BCUT2D eigenvalue weighted by Crippen LogP contribution is 2.39. The summed E-state index contributed by atoms with van der Waals surface area (Å²) < 4.78 is 6.28. The van der Waals surface area contributed by atoms with Crippen LogP contribution in [0, 0.1) is 0 Å². The van der Waals surface area contributed by atoms with Gasteiger partial charge in [-0.25, -0.2) is 0 Å². The number of hydrogen-bond donors (Lipinski definition) is 1. The number of hydrogen-bond acceptors (Lipinski definition) is 4. The Kier molecular flexibility index (Phi) is 7.06. The van der Waals surface area contributed by atoms with Crippen molar-refractivity contribution >= 4 is 32.7 Å². The van der Waals surface area contributed by atoms with Gasteiger partial charge in [0.15, 0.2) is 0 Å². The van der Waals surface area contributed by atoms with Crippen molar-refractivity contribution in [2.75, 3.05) is 53.5 Å². The maximum Gasteiger partial charge on any atom is 0.249 e. The van der Waals surface area contributed by atoms with Gasteiger partial charge in [-0.15, -0.1) is 0 Å². The molecule has 1 aromatic heterocycles. The maximum absolute atomic E-state index is 13.0. The van der Waals surface area contributed by atoms with Crippen molar-refractivity contribution in [3.05, 3.63) is 69.3 Å². The monoisotopic (exact) mass is 524 g/mol. The molecule has 2 aliphatic heterocycles. The minimum absolute atomic E-state index is 0.0238. The van der Waals surface area contributed by atoms with Crippen LogP contribution in [0.3, 0.4) is 0 Å². The smallest absolute Gasteiger partial charge is 0.249 e. The number of halogens is 1. The summed E-state index contributed by atoms with van der Waals surface area (Å²) in [5.41, 5.74) is 5.99. The minimum Gasteiger partial charge on any atom is -0.375 e. The van der Waals surface area contributed by atoms with E-state index in [1.807, 2.05) is 4.90 Å². The molecule has 1 unspecified atom stereocenters. The van der Waals surface area contributed by atoms with Gasteiger partial charge in [-0.3, -0.25) is 9.69 Å². The number of H-pyrrole nitrogens is 1. The van der Waals surface area contributed by atoms with Crippen LogP contribution in [-0.4, -0.2) is 79.1 Å². The zero-order valence-electron chi connectivity index (χ0n) is 20.0. The van der Waals surface area contributed by atoms with Crippen LogP contribution in [0.15, 0.2) is 46.9 Å². The van der Waals surface area contributed by atoms with Crippen molar-refractivity contribution in [3.63, 3.8) is 0 Å². The fourth-order valence-corrected chi connectivity index (χ4v) is 5.77. The molecule has 34 heavy (non-hydrogen) atoms. The molecule has 1 N–H and O–H groups in total. The lowest BCUT2D eigenvalue weighted by Crippen LogP contribution is -2.42. The minimum atomic E-state index is -0.140. The quantitative estimate of drug-likeness (QED) is 0.543. The number of nitrogens with zero attached hydrogens (tertiary/aromatic N) is 3. The summed E-state index contributed by atoms with van der Waals surface area (Å²) >= 11 is 3.62. The van der Waals surface area contributed by atoms with E-state index < -0.39 is 0 Å². The van der Waals surface area contributed by atoms with Gasteiger partial charge in [-0.05, 0) is 67.9 Å². The number of carbonyl (C=O) groups excluding carboxylic acids is 1. The van der Waals surface area contributed by atoms with E-state index in [0.717, 1.165) is 53.8 Å². The Morgan fingerprint density at radius 3 is 2.71 bits per heavy atom. The number of methoxy groups -OCH3 is 1. The average Bonchev–Trinajstić information content (AvgIpc) is 3.07. The average molecular weight is 525 g/mol. The number of likely N-dealkylation sites (N-methyl/N-ethyl adjacent to an activating group) is 1. The van der Waals surface area contributed by atoms with Crippen molar-refractivity contribution in [2.24, 2.45) is 0 Å². The molecule has 1 amide bonds. The summed E-state index contributed by atoms with van der Waals surface area (Å²) in [6, 6.07) is 15.1. The third kappa shape index (κ3) is 4.80. The second kappa shape index (κ2) is 10.2. The molecule has 5 rings (SSSR count). The van der Waals surface area contributed by atoms with Gasteiger partial charge in [-0.2, -0.15) is 0 Å². The number of fused-ring (bicyclic) bond motifs is 3. The van der Waals surface area contributed by atoms with Crippen LogP contribution < -0.4 is 0 Å². The van der Waals surface area contributed by atoms with Gasteiger partial charge in [0, 0.05) is 54.4 Å². The van der Waals surface area contributed by atoms with Crippen LogP contribution in [0.5, 0.6) is 0 Å². The zero-order chi connectivity index (χ0) is 23.7. The highest BCUT2D eigenvalue weighted by Gasteiger charge is 2.34. The third-order valence-electron chi connectivity index (χ3n) is 7.19. The molecule has 1 fully saturated rings. The molecule has 2 aromatic carbocycles. The molecule has 0 radical (unpaired) electrons. The SMILES string of the molecule is COCC(=O)N1CCc2c([nH]c3ccc(Br)cc23)C1c1ccc(CN2CCCN(C)CC2)cc1. The normalized spacial score (nSPS) is 19.9. The molecule has 0 spiro atoms. The van der Waals surface area contributed by atoms with Crippen molar-refractivity contribution in [2.45, 2.75) is 25.4 Å². The van der Waals surface area contributed by atoms with Gasteiger partial charge >= 0.3 is 0 Å². The molecule has 3 heterocycles. The lowest BCUT2D eigenvalue weighted by Gasteiger charge is -2.36. The van der Waals surface area contributed by atoms with Crippen molar-refractivity contribution in [1.29, 1.82) is 0 Å². The summed E-state index contributed by atoms with van der Waals surface area (Å²) in [7, 11) is 3.79. The predicted octanol–water partition coefficient (Wildman–Crippen LogP) is 4.19. The lowest BCUT2D eigenvalue weighted by atomic mass is 9.91. The van der Waals surface area contributed by atoms with E-state index >= 15 is 0 Å². The Morgan fingerprint density at radius 2 is 1.91 bits per heavy atom. The highest BCUT2D eigenvalue weighted by molar-refractivity contribution is 9.10. The number of rotatable bonds is 5. The molecule has 0 saturated carbocycles. The van der Waals surface area contributed by atoms with E-state index in [2.05, 4.69) is 80.2 Å². The topological polar surface area (TPSA) is 51.8 Å². The second-order valence-corrected chi connectivity index (χ2v) is 10.5. The summed E-state index contributed by atoms with van der Waals surface area (Å²) in [4.78, 5) is 23.6. The molecule has 7 heteroatoms. The highest BCUT2D eigenvalue weighted by atomic mass is 79.9. The zero-order valence-corrected chi connectivity index (χ0v) is 21.6. The van der Waals surface area contributed by atoms with Gasteiger partial charge in [-0.1, -0.05) is 40.2 Å². The van der Waals surface area contributed by atoms with Crippen molar-refractivity contribution < 1.29 is 9.53 Å². The van der Waals surface area contributed by atoms with Crippen molar-refractivity contribution in [3.8, 4) is 0 Å². The first-order valence-electron chi connectivity index (χ1n) is 12.1. The van der Waals surface area contributed by atoms with E-state index in [1.54, 1.807) is 7.11 Å². The molecule has 0 bridgehead atoms. The largest absolute Gasteiger partial charge is 0.375 e. The molecular formula is C27H33BrN4O2. The Morgan fingerprint density at radius 1 is 1.09 bits per heavy atom. The number of carbonyl (C=O) groups is 1. The van der Waals surface area contributed by atoms with Gasteiger partial charge in [0.1, 0.15) is 6.61 Å². The van der Waals surface area contributed by atoms with Gasteiger partial charge in [0.25, 0.3) is 0 Å². The summed E-state index contributed by atoms with van der Waals surface area (Å²) in [5, 5.41) is 1.23. The molecule has 2 aliphatic rings. The summed E-state index contributed by atoms with van der Waals surface area (Å²) in [6.07, 6.45) is 2.05. The van der Waals surface area contributed by atoms with E-state index in [-0.39, 0.29) is 18.6 Å². The molecule has 3 aromatic rings. The molecule has 6 nitrogen and oxygen atoms in total. The van der Waals surface area contributed by atoms with Crippen molar-refractivity contribution in [1.82, 2.24) is 19.7 Å². The van der Waals surface area contributed by atoms with E-state index in [9.17, 15) is 4.79 Å². The van der Waals surface area contributed by atoms with Gasteiger partial charge < -0.3 is 19.5 Å². The van der Waals surface area contributed by atoms with E-state index in [0.29, 0.717) is 6.54 Å². The first-order valence-corrected chi connectivity index (χ1v) is 12.9. The van der Waals surface area contributed by atoms with Crippen LogP contribution in [0.1, 0.15) is 34.8 Å². The molecular weight excluding hydrogens is 492 g/mol. The van der Waals surface area contributed by atoms with Crippen LogP contribution in [0.25, 0.3) is 10.9 Å². The van der Waals surface area contributed by atoms with Crippen LogP contribution in [0.4, 0.5) is 0 Å². The maximum atomic E-state index is 13.0. The van der Waals surface area contributed by atoms with Crippen LogP contribution in [0.2, 0.25) is 0 Å². The number of aromatic nitrogens is 1. The van der Waals surface area contributed by atoms with E-state index in [4.69, 9.17) is 4.74 Å². The van der Waals surface area contributed by atoms with Crippen LogP contribution >= 0.6 is 15.9 Å². The van der Waals surface area contributed by atoms with Gasteiger partial charge in [0.2, 0.25) is 5.91 Å². The second-order valence-electron chi connectivity index (χ2n) is 9.55. The fourth-order valence-electron chi connectivity index (χ4n) is 5.40. The first-order chi connectivity index (χ1) is 16.5. The summed E-state index contributed by atoms with van der Waals surface area (Å²) in [5.74, 6) is 0.0238. The van der Waals surface area contributed by atoms with E-state index in [1.165, 1.54) is 29.5 Å². The number of benzene rings is 2. The Balaban J connectivity index is 1.45. The number of ether oxygens (including phenoxy) is 1. The first kappa shape index (κ1) is 23.5. The predicted molar refractivity (Wildman–Crippen MR) is 139 cm³/mol. The fraction of sp³-hybridized carbons (Fsp3) is 0.444. The van der Waals surface area contributed by atoms with Gasteiger partial charge in [0.05, 0.1) is 6.04 Å². The molecule has 1 saturated heterocycles. The number of aromatic amines is 1. The summed E-state index contributed by atoms with van der Waals surface area (Å²) in [6.45, 7) is 6.29. The number of amides is 1. The standard InChI is InChI=1S/C27H33BrN4O2/c1-30-11-3-12-31(15-14-30)17-19-4-6-20(7-5-19)27-26-22(10-13-32(27)25(33)18-34-2)23-16-21(28)8-9-24(23)29-26/h4-9,16,27,29H,3,10-15,17-18H2,1-2H3. The Bertz CT molecular complexity index is 1160. The number of nitrogens with one attached hydrogen (secondary N) is 1. The Hall–Kier alpha value is -2.19. The molecule has 180 valence electrons. The lowest BCUT2D eigenvalue weighted by molar-refractivity contribution is -0.137. The molecule has 0 aliphatic carbocycles.